The van der Waals surface area contributed by atoms with Crippen molar-refractivity contribution in [3.8, 4) is 11.5 Å². The lowest BCUT2D eigenvalue weighted by Gasteiger charge is -2.33. The maximum absolute atomic E-state index is 13.2. The van der Waals surface area contributed by atoms with E-state index in [2.05, 4.69) is 4.90 Å². The zero-order chi connectivity index (χ0) is 18.9. The Kier molecular flexibility index (Phi) is 5.00. The SMILES string of the molecule is FC(F)(F)c1ccc2c(c1)N(CCCCN1CCCC1)c1ccccc1O2. The predicted molar refractivity (Wildman–Crippen MR) is 99.9 cm³/mol. The van der Waals surface area contributed by atoms with E-state index >= 15 is 0 Å². The van der Waals surface area contributed by atoms with Crippen LogP contribution in [0, 0.1) is 0 Å². The molecule has 0 aliphatic carbocycles. The second kappa shape index (κ2) is 7.43. The van der Waals surface area contributed by atoms with Gasteiger partial charge in [0.05, 0.1) is 16.9 Å². The maximum Gasteiger partial charge on any atom is 0.416 e. The lowest BCUT2D eigenvalue weighted by Crippen LogP contribution is -2.25. The van der Waals surface area contributed by atoms with E-state index in [-0.39, 0.29) is 0 Å². The summed E-state index contributed by atoms with van der Waals surface area (Å²) in [6.07, 6.45) is 0.122. The molecule has 1 fully saturated rings. The molecular formula is C21H23F3N2O. The summed E-state index contributed by atoms with van der Waals surface area (Å²) in [7, 11) is 0. The predicted octanol–water partition coefficient (Wildman–Crippen LogP) is 5.83. The van der Waals surface area contributed by atoms with Gasteiger partial charge in [-0.2, -0.15) is 13.2 Å². The maximum atomic E-state index is 13.2. The molecule has 144 valence electrons. The number of nitrogens with zero attached hydrogens (tertiary/aromatic N) is 2. The van der Waals surface area contributed by atoms with Crippen LogP contribution < -0.4 is 9.64 Å². The molecule has 3 nitrogen and oxygen atoms in total. The number of hydrogen-bond donors (Lipinski definition) is 0. The summed E-state index contributed by atoms with van der Waals surface area (Å²) in [4.78, 5) is 4.43. The zero-order valence-corrected chi connectivity index (χ0v) is 15.1. The number of benzene rings is 2. The molecule has 0 amide bonds. The third-order valence-corrected chi connectivity index (χ3v) is 5.26. The molecule has 2 aromatic carbocycles. The van der Waals surface area contributed by atoms with Gasteiger partial charge in [0.2, 0.25) is 0 Å². The summed E-state index contributed by atoms with van der Waals surface area (Å²) in [5.74, 6) is 1.16. The fourth-order valence-electron chi connectivity index (χ4n) is 3.86. The van der Waals surface area contributed by atoms with Crippen LogP contribution in [0.1, 0.15) is 31.2 Å². The Morgan fingerprint density at radius 3 is 2.33 bits per heavy atom. The number of alkyl halides is 3. The summed E-state index contributed by atoms with van der Waals surface area (Å²) in [6, 6.07) is 11.2. The number of rotatable bonds is 5. The summed E-state index contributed by atoms with van der Waals surface area (Å²) in [5, 5.41) is 0. The Labute approximate surface area is 157 Å². The lowest BCUT2D eigenvalue weighted by atomic mass is 10.1. The molecule has 2 aliphatic heterocycles. The highest BCUT2D eigenvalue weighted by Crippen LogP contribution is 2.48. The monoisotopic (exact) mass is 376 g/mol. The van der Waals surface area contributed by atoms with Crippen LogP contribution in [0.4, 0.5) is 24.5 Å². The molecule has 0 saturated carbocycles. The van der Waals surface area contributed by atoms with Gasteiger partial charge in [0.15, 0.2) is 11.5 Å². The Morgan fingerprint density at radius 1 is 0.852 bits per heavy atom. The average Bonchev–Trinajstić information content (AvgIpc) is 3.16. The third kappa shape index (κ3) is 3.90. The van der Waals surface area contributed by atoms with Crippen LogP contribution in [0.3, 0.4) is 0 Å². The zero-order valence-electron chi connectivity index (χ0n) is 15.1. The van der Waals surface area contributed by atoms with Gasteiger partial charge in [-0.1, -0.05) is 12.1 Å². The minimum Gasteiger partial charge on any atom is -0.453 e. The Balaban J connectivity index is 1.55. The van der Waals surface area contributed by atoms with Crippen LogP contribution in [0.15, 0.2) is 42.5 Å². The first-order valence-corrected chi connectivity index (χ1v) is 9.50. The van der Waals surface area contributed by atoms with Crippen molar-refractivity contribution < 1.29 is 17.9 Å². The lowest BCUT2D eigenvalue weighted by molar-refractivity contribution is -0.137. The van der Waals surface area contributed by atoms with Gasteiger partial charge in [0.1, 0.15) is 0 Å². The van der Waals surface area contributed by atoms with Crippen LogP contribution in [-0.4, -0.2) is 31.1 Å². The van der Waals surface area contributed by atoms with E-state index in [0.717, 1.165) is 44.2 Å². The molecule has 0 aromatic heterocycles. The van der Waals surface area contributed by atoms with Crippen molar-refractivity contribution in [2.75, 3.05) is 31.1 Å². The fraction of sp³-hybridized carbons (Fsp3) is 0.429. The summed E-state index contributed by atoms with van der Waals surface area (Å²) < 4.78 is 45.4. The Bertz CT molecular complexity index is 800. The topological polar surface area (TPSA) is 15.7 Å². The first-order chi connectivity index (χ1) is 13.0. The van der Waals surface area contributed by atoms with Gasteiger partial charge in [-0.15, -0.1) is 0 Å². The third-order valence-electron chi connectivity index (χ3n) is 5.26. The number of hydrogen-bond acceptors (Lipinski definition) is 3. The second-order valence-electron chi connectivity index (χ2n) is 7.16. The number of halogens is 3. The van der Waals surface area contributed by atoms with E-state index in [9.17, 15) is 13.2 Å². The van der Waals surface area contributed by atoms with Crippen LogP contribution in [-0.2, 0) is 6.18 Å². The van der Waals surface area contributed by atoms with Gasteiger partial charge in [-0.25, -0.2) is 0 Å². The number of likely N-dealkylation sites (tertiary alicyclic amines) is 1. The quantitative estimate of drug-likeness (QED) is 0.611. The van der Waals surface area contributed by atoms with Gasteiger partial charge in [0, 0.05) is 6.54 Å². The standard InChI is InChI=1S/C21H23F3N2O/c22-21(23,24)16-9-10-20-18(15-16)26(17-7-1-2-8-19(17)27-20)14-6-5-13-25-11-3-4-12-25/h1-2,7-10,15H,3-6,11-14H2. The first kappa shape index (κ1) is 18.2. The minimum atomic E-state index is -4.37. The van der Waals surface area contributed by atoms with Crippen molar-refractivity contribution in [1.82, 2.24) is 4.90 Å². The smallest absolute Gasteiger partial charge is 0.416 e. The molecule has 0 atom stereocenters. The van der Waals surface area contributed by atoms with Gasteiger partial charge in [-0.3, -0.25) is 0 Å². The molecular weight excluding hydrogens is 353 g/mol. The van der Waals surface area contributed by atoms with Crippen molar-refractivity contribution in [2.45, 2.75) is 31.9 Å². The van der Waals surface area contributed by atoms with Crippen LogP contribution in [0.25, 0.3) is 0 Å². The first-order valence-electron chi connectivity index (χ1n) is 9.50. The molecule has 0 N–H and O–H groups in total. The van der Waals surface area contributed by atoms with Crippen molar-refractivity contribution in [2.24, 2.45) is 0 Å². The molecule has 1 saturated heterocycles. The van der Waals surface area contributed by atoms with Crippen LogP contribution in [0.5, 0.6) is 11.5 Å². The van der Waals surface area contributed by atoms with E-state index in [1.807, 2.05) is 29.2 Å². The van der Waals surface area contributed by atoms with Gasteiger partial charge in [0.25, 0.3) is 0 Å². The molecule has 6 heteroatoms. The van der Waals surface area contributed by atoms with Gasteiger partial charge in [-0.05, 0) is 75.6 Å². The largest absolute Gasteiger partial charge is 0.453 e. The van der Waals surface area contributed by atoms with Crippen molar-refractivity contribution in [3.05, 3.63) is 48.0 Å². The Morgan fingerprint density at radius 2 is 1.56 bits per heavy atom. The van der Waals surface area contributed by atoms with E-state index in [0.29, 0.717) is 23.7 Å². The number of unbranched alkanes of at least 4 members (excludes halogenated alkanes) is 1. The summed E-state index contributed by atoms with van der Waals surface area (Å²) in [6.45, 7) is 4.06. The number of anilines is 2. The molecule has 0 bridgehead atoms. The highest BCUT2D eigenvalue weighted by atomic mass is 19.4. The molecule has 2 heterocycles. The molecule has 2 aliphatic rings. The number of para-hydroxylation sites is 2. The number of fused-ring (bicyclic) bond motifs is 2. The average molecular weight is 376 g/mol. The molecule has 2 aromatic rings. The second-order valence-corrected chi connectivity index (χ2v) is 7.16. The molecule has 0 radical (unpaired) electrons. The van der Waals surface area contributed by atoms with E-state index in [4.69, 9.17) is 4.74 Å². The van der Waals surface area contributed by atoms with Crippen molar-refractivity contribution in [1.29, 1.82) is 0 Å². The van der Waals surface area contributed by atoms with Crippen LogP contribution in [0.2, 0.25) is 0 Å². The highest BCUT2D eigenvalue weighted by Gasteiger charge is 2.33. The summed E-state index contributed by atoms with van der Waals surface area (Å²) >= 11 is 0. The molecule has 4 rings (SSSR count). The number of ether oxygens (including phenoxy) is 1. The minimum absolute atomic E-state index is 0.473. The van der Waals surface area contributed by atoms with Gasteiger partial charge >= 0.3 is 6.18 Å². The fourth-order valence-corrected chi connectivity index (χ4v) is 3.86. The summed E-state index contributed by atoms with van der Waals surface area (Å²) in [5.41, 5.74) is 0.668. The highest BCUT2D eigenvalue weighted by molar-refractivity contribution is 5.78. The molecule has 0 unspecified atom stereocenters. The van der Waals surface area contributed by atoms with Crippen LogP contribution >= 0.6 is 0 Å². The van der Waals surface area contributed by atoms with E-state index in [1.54, 1.807) is 0 Å². The van der Waals surface area contributed by atoms with E-state index < -0.39 is 11.7 Å². The normalized spacial score (nSPS) is 16.8. The van der Waals surface area contributed by atoms with E-state index in [1.165, 1.54) is 25.0 Å². The van der Waals surface area contributed by atoms with Gasteiger partial charge < -0.3 is 14.5 Å². The molecule has 27 heavy (non-hydrogen) atoms. The molecule has 0 spiro atoms. The van der Waals surface area contributed by atoms with Crippen molar-refractivity contribution in [3.63, 3.8) is 0 Å². The van der Waals surface area contributed by atoms with Crippen molar-refractivity contribution >= 4 is 11.4 Å². The Hall–Kier alpha value is -2.21.